The molecule has 0 aromatic heterocycles. The molecule has 0 heterocycles. The number of aliphatic hydroxyl groups excluding tert-OH is 1. The molecule has 0 fully saturated rings. The van der Waals surface area contributed by atoms with E-state index < -0.39 is 0 Å². The van der Waals surface area contributed by atoms with Crippen molar-refractivity contribution in [3.63, 3.8) is 0 Å². The third-order valence-corrected chi connectivity index (χ3v) is 2.88. The van der Waals surface area contributed by atoms with E-state index in [1.807, 2.05) is 19.1 Å². The number of hydrogen-bond donors (Lipinski definition) is 1. The van der Waals surface area contributed by atoms with Crippen molar-refractivity contribution in [2.75, 3.05) is 31.7 Å². The first-order chi connectivity index (χ1) is 8.65. The van der Waals surface area contributed by atoms with E-state index in [0.717, 1.165) is 18.8 Å². The second-order valence-electron chi connectivity index (χ2n) is 4.07. The SMILES string of the molecule is CCN(CCCO)c1cccc(OC)c1C(C)=O. The van der Waals surface area contributed by atoms with Gasteiger partial charge < -0.3 is 14.7 Å². The Balaban J connectivity index is 3.16. The van der Waals surface area contributed by atoms with E-state index in [9.17, 15) is 4.79 Å². The van der Waals surface area contributed by atoms with E-state index in [2.05, 4.69) is 4.90 Å². The maximum Gasteiger partial charge on any atom is 0.165 e. The number of carbonyl (C=O) groups excluding carboxylic acids is 1. The fraction of sp³-hybridized carbons (Fsp3) is 0.500. The van der Waals surface area contributed by atoms with Gasteiger partial charge in [0, 0.05) is 19.7 Å². The molecule has 1 N–H and O–H groups in total. The molecule has 1 aromatic carbocycles. The van der Waals surface area contributed by atoms with Crippen molar-refractivity contribution in [3.05, 3.63) is 23.8 Å². The third-order valence-electron chi connectivity index (χ3n) is 2.88. The Kier molecular flexibility index (Phi) is 5.65. The predicted molar refractivity (Wildman–Crippen MR) is 72.6 cm³/mol. The molecular formula is C14H21NO3. The number of rotatable bonds is 7. The number of methoxy groups -OCH3 is 1. The van der Waals surface area contributed by atoms with Crippen molar-refractivity contribution in [2.24, 2.45) is 0 Å². The number of carbonyl (C=O) groups is 1. The lowest BCUT2D eigenvalue weighted by Gasteiger charge is -2.25. The van der Waals surface area contributed by atoms with Gasteiger partial charge in [0.2, 0.25) is 0 Å². The van der Waals surface area contributed by atoms with E-state index in [4.69, 9.17) is 9.84 Å². The van der Waals surface area contributed by atoms with E-state index >= 15 is 0 Å². The van der Waals surface area contributed by atoms with Crippen molar-refractivity contribution in [1.82, 2.24) is 0 Å². The summed E-state index contributed by atoms with van der Waals surface area (Å²) in [5.41, 5.74) is 1.48. The normalized spacial score (nSPS) is 10.2. The van der Waals surface area contributed by atoms with Crippen LogP contribution in [0.15, 0.2) is 18.2 Å². The molecule has 4 nitrogen and oxygen atoms in total. The maximum atomic E-state index is 11.8. The Hall–Kier alpha value is -1.55. The van der Waals surface area contributed by atoms with Gasteiger partial charge in [-0.25, -0.2) is 0 Å². The summed E-state index contributed by atoms with van der Waals surface area (Å²) >= 11 is 0. The fourth-order valence-corrected chi connectivity index (χ4v) is 2.02. The smallest absolute Gasteiger partial charge is 0.165 e. The predicted octanol–water partition coefficient (Wildman–Crippen LogP) is 2.11. The van der Waals surface area contributed by atoms with E-state index in [-0.39, 0.29) is 12.4 Å². The molecule has 0 bridgehead atoms. The summed E-state index contributed by atoms with van der Waals surface area (Å²) < 4.78 is 5.25. The lowest BCUT2D eigenvalue weighted by Crippen LogP contribution is -2.26. The van der Waals surface area contributed by atoms with Crippen LogP contribution in [0.1, 0.15) is 30.6 Å². The topological polar surface area (TPSA) is 49.8 Å². The quantitative estimate of drug-likeness (QED) is 0.754. The molecule has 0 atom stereocenters. The highest BCUT2D eigenvalue weighted by Crippen LogP contribution is 2.29. The van der Waals surface area contributed by atoms with Gasteiger partial charge in [-0.3, -0.25) is 4.79 Å². The molecule has 1 aromatic rings. The highest BCUT2D eigenvalue weighted by molar-refractivity contribution is 6.02. The summed E-state index contributed by atoms with van der Waals surface area (Å²) in [6.07, 6.45) is 0.683. The van der Waals surface area contributed by atoms with Crippen LogP contribution in [0.4, 0.5) is 5.69 Å². The fourth-order valence-electron chi connectivity index (χ4n) is 2.02. The molecule has 0 aliphatic rings. The minimum Gasteiger partial charge on any atom is -0.496 e. The first-order valence-corrected chi connectivity index (χ1v) is 6.19. The summed E-state index contributed by atoms with van der Waals surface area (Å²) in [6.45, 7) is 5.23. The zero-order valence-corrected chi connectivity index (χ0v) is 11.3. The van der Waals surface area contributed by atoms with Gasteiger partial charge in [-0.1, -0.05) is 6.07 Å². The van der Waals surface area contributed by atoms with Gasteiger partial charge in [-0.05, 0) is 32.4 Å². The maximum absolute atomic E-state index is 11.8. The number of hydrogen-bond acceptors (Lipinski definition) is 4. The number of anilines is 1. The van der Waals surface area contributed by atoms with Crippen molar-refractivity contribution in [3.8, 4) is 5.75 Å². The third kappa shape index (κ3) is 3.23. The van der Waals surface area contributed by atoms with E-state index in [0.29, 0.717) is 17.7 Å². The summed E-state index contributed by atoms with van der Waals surface area (Å²) in [7, 11) is 1.57. The Morgan fingerprint density at radius 3 is 2.67 bits per heavy atom. The van der Waals surface area contributed by atoms with Gasteiger partial charge in [0.05, 0.1) is 18.4 Å². The number of nitrogens with zero attached hydrogens (tertiary/aromatic N) is 1. The molecule has 0 aliphatic heterocycles. The molecule has 100 valence electrons. The van der Waals surface area contributed by atoms with Crippen LogP contribution in [-0.2, 0) is 0 Å². The molecule has 0 aliphatic carbocycles. The lowest BCUT2D eigenvalue weighted by molar-refractivity contribution is 0.101. The van der Waals surface area contributed by atoms with Crippen LogP contribution >= 0.6 is 0 Å². The molecule has 4 heteroatoms. The standard InChI is InChI=1S/C14H21NO3/c1-4-15(9-6-10-16)12-7-5-8-13(18-3)14(12)11(2)17/h5,7-8,16H,4,6,9-10H2,1-3H3. The number of ketones is 1. The number of benzene rings is 1. The molecule has 0 spiro atoms. The van der Waals surface area contributed by atoms with Gasteiger partial charge in [0.25, 0.3) is 0 Å². The highest BCUT2D eigenvalue weighted by Gasteiger charge is 2.17. The van der Waals surface area contributed by atoms with Crippen LogP contribution in [-0.4, -0.2) is 37.7 Å². The second kappa shape index (κ2) is 7.01. The molecular weight excluding hydrogens is 230 g/mol. The number of ether oxygens (including phenoxy) is 1. The summed E-state index contributed by atoms with van der Waals surface area (Å²) in [6, 6.07) is 5.59. The molecule has 1 rings (SSSR count). The first kappa shape index (κ1) is 14.5. The number of Topliss-reactive ketones (excluding diaryl/α,β-unsaturated/α-hetero) is 1. The van der Waals surface area contributed by atoms with Crippen LogP contribution < -0.4 is 9.64 Å². The van der Waals surface area contributed by atoms with Gasteiger partial charge in [-0.2, -0.15) is 0 Å². The Bertz CT molecular complexity index is 404. The van der Waals surface area contributed by atoms with Gasteiger partial charge >= 0.3 is 0 Å². The minimum absolute atomic E-state index is 0.00935. The average Bonchev–Trinajstić information content (AvgIpc) is 2.38. The van der Waals surface area contributed by atoms with Crippen molar-refractivity contribution < 1.29 is 14.6 Å². The zero-order chi connectivity index (χ0) is 13.5. The van der Waals surface area contributed by atoms with Crippen molar-refractivity contribution in [1.29, 1.82) is 0 Å². The van der Waals surface area contributed by atoms with Crippen LogP contribution in [0.2, 0.25) is 0 Å². The Morgan fingerprint density at radius 2 is 2.17 bits per heavy atom. The van der Waals surface area contributed by atoms with E-state index in [1.54, 1.807) is 20.1 Å². The van der Waals surface area contributed by atoms with Crippen molar-refractivity contribution in [2.45, 2.75) is 20.3 Å². The van der Waals surface area contributed by atoms with Crippen LogP contribution in [0, 0.1) is 0 Å². The van der Waals surface area contributed by atoms with Gasteiger partial charge in [0.1, 0.15) is 5.75 Å². The molecule has 0 saturated heterocycles. The first-order valence-electron chi connectivity index (χ1n) is 6.19. The Morgan fingerprint density at radius 1 is 1.44 bits per heavy atom. The largest absolute Gasteiger partial charge is 0.496 e. The van der Waals surface area contributed by atoms with Crippen LogP contribution in [0.25, 0.3) is 0 Å². The summed E-state index contributed by atoms with van der Waals surface area (Å²) in [5.74, 6) is 0.590. The van der Waals surface area contributed by atoms with E-state index in [1.165, 1.54) is 0 Å². The zero-order valence-electron chi connectivity index (χ0n) is 11.3. The van der Waals surface area contributed by atoms with Gasteiger partial charge in [0.15, 0.2) is 5.78 Å². The summed E-state index contributed by atoms with van der Waals surface area (Å²) in [5, 5.41) is 8.92. The Labute approximate surface area is 108 Å². The molecule has 0 saturated carbocycles. The van der Waals surface area contributed by atoms with Gasteiger partial charge in [-0.15, -0.1) is 0 Å². The molecule has 0 amide bonds. The van der Waals surface area contributed by atoms with Crippen molar-refractivity contribution >= 4 is 11.5 Å². The molecule has 18 heavy (non-hydrogen) atoms. The summed E-state index contributed by atoms with van der Waals surface area (Å²) in [4.78, 5) is 13.9. The average molecular weight is 251 g/mol. The lowest BCUT2D eigenvalue weighted by atomic mass is 10.1. The highest BCUT2D eigenvalue weighted by atomic mass is 16.5. The van der Waals surface area contributed by atoms with Crippen LogP contribution in [0.5, 0.6) is 5.75 Å². The molecule has 0 unspecified atom stereocenters. The second-order valence-corrected chi connectivity index (χ2v) is 4.07. The van der Waals surface area contributed by atoms with Crippen LogP contribution in [0.3, 0.4) is 0 Å². The minimum atomic E-state index is -0.00935. The monoisotopic (exact) mass is 251 g/mol. The molecule has 0 radical (unpaired) electrons. The number of aliphatic hydroxyl groups is 1.